The van der Waals surface area contributed by atoms with Crippen molar-refractivity contribution in [2.24, 2.45) is 0 Å². The van der Waals surface area contributed by atoms with Gasteiger partial charge in [0.25, 0.3) is 5.91 Å². The predicted octanol–water partition coefficient (Wildman–Crippen LogP) is 3.93. The second-order valence-electron chi connectivity index (χ2n) is 6.32. The van der Waals surface area contributed by atoms with Gasteiger partial charge >= 0.3 is 0 Å². The third-order valence-corrected chi connectivity index (χ3v) is 4.78. The van der Waals surface area contributed by atoms with Crippen LogP contribution in [0, 0.1) is 0 Å². The molecule has 140 valence electrons. The Kier molecular flexibility index (Phi) is 4.58. The fourth-order valence-electron chi connectivity index (χ4n) is 3.44. The molecule has 0 bridgehead atoms. The second-order valence-corrected chi connectivity index (χ2v) is 6.32. The minimum atomic E-state index is -0.163. The van der Waals surface area contributed by atoms with Crippen molar-refractivity contribution in [1.82, 2.24) is 10.1 Å². The smallest absolute Gasteiger partial charge is 0.276 e. The summed E-state index contributed by atoms with van der Waals surface area (Å²) in [5.41, 5.74) is 1.03. The number of methoxy groups -OCH3 is 2. The summed E-state index contributed by atoms with van der Waals surface area (Å²) in [7, 11) is 3.15. The monoisotopic (exact) mass is 368 g/mol. The Bertz CT molecular complexity index is 932. The van der Waals surface area contributed by atoms with E-state index < -0.39 is 0 Å². The van der Waals surface area contributed by atoms with E-state index in [2.05, 4.69) is 5.16 Å². The molecule has 1 atom stereocenters. The van der Waals surface area contributed by atoms with E-state index in [9.17, 15) is 4.79 Å². The lowest BCUT2D eigenvalue weighted by molar-refractivity contribution is 0.0709. The number of amides is 1. The van der Waals surface area contributed by atoms with Gasteiger partial charge in [-0.3, -0.25) is 4.79 Å². The van der Waals surface area contributed by atoms with Crippen molar-refractivity contribution in [2.75, 3.05) is 20.8 Å². The first-order valence-corrected chi connectivity index (χ1v) is 8.74. The van der Waals surface area contributed by atoms with E-state index in [-0.39, 0.29) is 17.6 Å². The topological polar surface area (TPSA) is 77.9 Å². The molecule has 1 aliphatic heterocycles. The quantitative estimate of drug-likeness (QED) is 0.679. The number of nitrogens with zero attached hydrogens (tertiary/aromatic N) is 2. The van der Waals surface area contributed by atoms with Crippen LogP contribution in [0.15, 0.2) is 51.6 Å². The molecule has 1 amide bonds. The Morgan fingerprint density at radius 2 is 2.04 bits per heavy atom. The van der Waals surface area contributed by atoms with E-state index in [1.165, 1.54) is 0 Å². The summed E-state index contributed by atoms with van der Waals surface area (Å²) in [6.07, 6.45) is 3.43. The van der Waals surface area contributed by atoms with Gasteiger partial charge in [-0.15, -0.1) is 0 Å². The number of hydrogen-bond donors (Lipinski definition) is 0. The summed E-state index contributed by atoms with van der Waals surface area (Å²) in [6, 6.07) is 10.7. The average molecular weight is 368 g/mol. The molecular weight excluding hydrogens is 348 g/mol. The van der Waals surface area contributed by atoms with E-state index in [0.29, 0.717) is 23.8 Å². The molecule has 7 heteroatoms. The number of aromatic nitrogens is 1. The fourth-order valence-corrected chi connectivity index (χ4v) is 3.44. The van der Waals surface area contributed by atoms with Gasteiger partial charge in [0.2, 0.25) is 0 Å². The molecule has 1 aromatic carbocycles. The molecule has 0 aliphatic carbocycles. The first-order chi connectivity index (χ1) is 13.2. The Balaban J connectivity index is 1.58. The maximum absolute atomic E-state index is 12.9. The third kappa shape index (κ3) is 3.16. The molecule has 0 N–H and O–H groups in total. The Morgan fingerprint density at radius 3 is 2.78 bits per heavy atom. The van der Waals surface area contributed by atoms with Gasteiger partial charge in [-0.1, -0.05) is 5.16 Å². The van der Waals surface area contributed by atoms with Crippen LogP contribution in [0.3, 0.4) is 0 Å². The first kappa shape index (κ1) is 17.2. The van der Waals surface area contributed by atoms with Crippen molar-refractivity contribution >= 4 is 5.91 Å². The van der Waals surface area contributed by atoms with Crippen LogP contribution < -0.4 is 9.47 Å². The molecule has 0 spiro atoms. The fraction of sp³-hybridized carbons (Fsp3) is 0.300. The average Bonchev–Trinajstić information content (AvgIpc) is 3.47. The van der Waals surface area contributed by atoms with Gasteiger partial charge < -0.3 is 23.3 Å². The highest BCUT2D eigenvalue weighted by Crippen LogP contribution is 2.35. The molecule has 3 aromatic rings. The molecular formula is C20H20N2O5. The van der Waals surface area contributed by atoms with E-state index in [1.807, 2.05) is 18.2 Å². The number of likely N-dealkylation sites (tertiary alicyclic amines) is 1. The molecule has 1 aliphatic rings. The van der Waals surface area contributed by atoms with E-state index in [1.54, 1.807) is 43.6 Å². The van der Waals surface area contributed by atoms with Crippen molar-refractivity contribution in [3.8, 4) is 22.8 Å². The van der Waals surface area contributed by atoms with Gasteiger partial charge in [0.1, 0.15) is 5.76 Å². The SMILES string of the molecule is COc1ccc(-c2cc(C(=O)N3CCC[C@@H]3c3ccco3)no2)cc1OC. The number of carbonyl (C=O) groups is 1. The van der Waals surface area contributed by atoms with Crippen LogP contribution in [0.2, 0.25) is 0 Å². The van der Waals surface area contributed by atoms with E-state index in [0.717, 1.165) is 24.2 Å². The molecule has 4 rings (SSSR count). The molecule has 1 saturated heterocycles. The second kappa shape index (κ2) is 7.19. The summed E-state index contributed by atoms with van der Waals surface area (Å²) < 4.78 is 21.5. The minimum Gasteiger partial charge on any atom is -0.493 e. The lowest BCUT2D eigenvalue weighted by Crippen LogP contribution is -2.30. The highest BCUT2D eigenvalue weighted by atomic mass is 16.5. The van der Waals surface area contributed by atoms with Crippen LogP contribution in [-0.4, -0.2) is 36.7 Å². The van der Waals surface area contributed by atoms with Crippen molar-refractivity contribution in [3.05, 3.63) is 54.1 Å². The van der Waals surface area contributed by atoms with Gasteiger partial charge in [0.15, 0.2) is 23.0 Å². The minimum absolute atomic E-state index is 0.0614. The number of benzene rings is 1. The number of rotatable bonds is 5. The number of hydrogen-bond acceptors (Lipinski definition) is 6. The van der Waals surface area contributed by atoms with E-state index >= 15 is 0 Å². The van der Waals surface area contributed by atoms with Crippen LogP contribution in [-0.2, 0) is 0 Å². The molecule has 0 radical (unpaired) electrons. The summed E-state index contributed by atoms with van der Waals surface area (Å²) in [4.78, 5) is 14.7. The van der Waals surface area contributed by atoms with Gasteiger partial charge in [-0.05, 0) is 43.2 Å². The standard InChI is InChI=1S/C20H20N2O5/c1-24-17-8-7-13(11-19(17)25-2)18-12-14(21-27-18)20(23)22-9-3-5-15(22)16-6-4-10-26-16/h4,6-8,10-12,15H,3,5,9H2,1-2H3/t15-/m1/s1. The zero-order valence-electron chi connectivity index (χ0n) is 15.2. The van der Waals surface area contributed by atoms with Gasteiger partial charge in [0.05, 0.1) is 26.5 Å². The zero-order valence-corrected chi connectivity index (χ0v) is 15.2. The molecule has 0 unspecified atom stereocenters. The largest absolute Gasteiger partial charge is 0.493 e. The molecule has 0 saturated carbocycles. The molecule has 27 heavy (non-hydrogen) atoms. The van der Waals surface area contributed by atoms with Crippen molar-refractivity contribution < 1.29 is 23.2 Å². The molecule has 2 aromatic heterocycles. The van der Waals surface area contributed by atoms with Crippen LogP contribution in [0.5, 0.6) is 11.5 Å². The number of carbonyl (C=O) groups excluding carboxylic acids is 1. The maximum atomic E-state index is 12.9. The lowest BCUT2D eigenvalue weighted by Gasteiger charge is -2.21. The highest BCUT2D eigenvalue weighted by molar-refractivity contribution is 5.93. The van der Waals surface area contributed by atoms with Crippen molar-refractivity contribution in [2.45, 2.75) is 18.9 Å². The van der Waals surface area contributed by atoms with Crippen LogP contribution >= 0.6 is 0 Å². The Morgan fingerprint density at radius 1 is 1.19 bits per heavy atom. The van der Waals surface area contributed by atoms with Crippen LogP contribution in [0.1, 0.15) is 35.1 Å². The highest BCUT2D eigenvalue weighted by Gasteiger charge is 2.33. The van der Waals surface area contributed by atoms with E-state index in [4.69, 9.17) is 18.4 Å². The Hall–Kier alpha value is -3.22. The maximum Gasteiger partial charge on any atom is 0.276 e. The first-order valence-electron chi connectivity index (χ1n) is 8.74. The Labute approximate surface area is 156 Å². The summed E-state index contributed by atoms with van der Waals surface area (Å²) in [6.45, 7) is 0.669. The number of ether oxygens (including phenoxy) is 2. The van der Waals surface area contributed by atoms with Gasteiger partial charge in [-0.2, -0.15) is 0 Å². The summed E-state index contributed by atoms with van der Waals surface area (Å²) >= 11 is 0. The van der Waals surface area contributed by atoms with Crippen LogP contribution in [0.25, 0.3) is 11.3 Å². The zero-order chi connectivity index (χ0) is 18.8. The van der Waals surface area contributed by atoms with Gasteiger partial charge in [-0.25, -0.2) is 0 Å². The van der Waals surface area contributed by atoms with Crippen LogP contribution in [0.4, 0.5) is 0 Å². The van der Waals surface area contributed by atoms with Gasteiger partial charge in [0, 0.05) is 18.2 Å². The predicted molar refractivity (Wildman–Crippen MR) is 96.8 cm³/mol. The number of furan rings is 1. The summed E-state index contributed by atoms with van der Waals surface area (Å²) in [5, 5.41) is 3.98. The third-order valence-electron chi connectivity index (χ3n) is 4.78. The molecule has 3 heterocycles. The normalized spacial score (nSPS) is 16.5. The van der Waals surface area contributed by atoms with Crippen molar-refractivity contribution in [1.29, 1.82) is 0 Å². The molecule has 1 fully saturated rings. The summed E-state index contributed by atoms with van der Waals surface area (Å²) in [5.74, 6) is 2.33. The lowest BCUT2D eigenvalue weighted by atomic mass is 10.1. The van der Waals surface area contributed by atoms with Crippen molar-refractivity contribution in [3.63, 3.8) is 0 Å². The molecule has 7 nitrogen and oxygen atoms in total.